The monoisotopic (exact) mass is 348 g/mol. The van der Waals surface area contributed by atoms with Crippen LogP contribution in [0.3, 0.4) is 0 Å². The minimum Gasteiger partial charge on any atom is -0.354 e. The molecular weight excluding hydrogens is 329 g/mol. The minimum atomic E-state index is -5.84. The van der Waals surface area contributed by atoms with Gasteiger partial charge in [-0.3, -0.25) is 9.35 Å². The Kier molecular flexibility index (Phi) is 7.00. The van der Waals surface area contributed by atoms with Crippen molar-refractivity contribution in [3.05, 3.63) is 12.7 Å². The van der Waals surface area contributed by atoms with E-state index < -0.39 is 21.4 Å². The van der Waals surface area contributed by atoms with Gasteiger partial charge in [-0.2, -0.15) is 21.6 Å². The first kappa shape index (κ1) is 20.8. The first-order valence-electron chi connectivity index (χ1n) is 6.08. The average molecular weight is 348 g/mol. The maximum absolute atomic E-state index is 11.6. The molecule has 0 aromatic carbocycles. The Labute approximate surface area is 126 Å². The summed E-state index contributed by atoms with van der Waals surface area (Å²) in [4.78, 5) is 13.3. The van der Waals surface area contributed by atoms with Gasteiger partial charge in [0.25, 0.3) is 0 Å². The van der Waals surface area contributed by atoms with Crippen molar-refractivity contribution in [2.75, 3.05) is 13.2 Å². The average Bonchev–Trinajstić information content (AvgIpc) is 2.62. The highest BCUT2D eigenvalue weighted by Crippen LogP contribution is 2.28. The van der Waals surface area contributed by atoms with Crippen LogP contribution >= 0.6 is 0 Å². The Morgan fingerprint density at radius 1 is 1.55 bits per heavy atom. The highest BCUT2D eigenvalue weighted by molar-refractivity contribution is 7.86. The molecule has 1 aliphatic rings. The van der Waals surface area contributed by atoms with Crippen LogP contribution in [0.25, 0.3) is 0 Å². The molecule has 0 aromatic rings. The Bertz CT molecular complexity index is 504. The molecule has 1 fully saturated rings. The lowest BCUT2D eigenvalue weighted by Crippen LogP contribution is -2.50. The number of rotatable bonds is 3. The van der Waals surface area contributed by atoms with E-state index in [4.69, 9.17) is 23.4 Å². The molecule has 0 aromatic heterocycles. The molecule has 1 rings (SSSR count). The maximum Gasteiger partial charge on any atom is 0.522 e. The van der Waals surface area contributed by atoms with Crippen LogP contribution < -0.4 is 5.73 Å². The highest BCUT2D eigenvalue weighted by Gasteiger charge is 2.44. The molecular formula is C11H19F3N2O5S. The van der Waals surface area contributed by atoms with Gasteiger partial charge in [0.2, 0.25) is 5.91 Å². The second-order valence-corrected chi connectivity index (χ2v) is 6.24. The van der Waals surface area contributed by atoms with Gasteiger partial charge in [0.1, 0.15) is 5.72 Å². The van der Waals surface area contributed by atoms with Gasteiger partial charge in [0.05, 0.1) is 19.2 Å². The van der Waals surface area contributed by atoms with Crippen molar-refractivity contribution < 1.29 is 35.7 Å². The fraction of sp³-hybridized carbons (Fsp3) is 0.727. The molecule has 0 spiro atoms. The fourth-order valence-electron chi connectivity index (χ4n) is 1.85. The molecule has 1 heterocycles. The number of ether oxygens (including phenoxy) is 1. The summed E-state index contributed by atoms with van der Waals surface area (Å²) in [6.45, 7) is 8.01. The standard InChI is InChI=1S/C10H18N2O2.CHF3O3S/c1-4-5-8-7-14-10(2,3)12(8)9(13)6-11;2-1(3,4)8(5,6)7/h4,8H,1,5-7,11H2,2-3H3;(H,5,6,7)/t8-;/m0./s1. The van der Waals surface area contributed by atoms with Gasteiger partial charge in [0.15, 0.2) is 0 Å². The van der Waals surface area contributed by atoms with E-state index in [1.807, 2.05) is 13.8 Å². The summed E-state index contributed by atoms with van der Waals surface area (Å²) in [7, 11) is -5.84. The number of hydrogen-bond acceptors (Lipinski definition) is 5. The molecule has 1 aliphatic heterocycles. The zero-order valence-electron chi connectivity index (χ0n) is 12.1. The van der Waals surface area contributed by atoms with E-state index in [9.17, 15) is 18.0 Å². The topological polar surface area (TPSA) is 110 Å². The Balaban J connectivity index is 0.000000472. The Morgan fingerprint density at radius 2 is 2.00 bits per heavy atom. The highest BCUT2D eigenvalue weighted by atomic mass is 32.2. The number of hydrogen-bond donors (Lipinski definition) is 2. The van der Waals surface area contributed by atoms with Crippen molar-refractivity contribution in [2.45, 2.75) is 37.5 Å². The lowest BCUT2D eigenvalue weighted by Gasteiger charge is -2.33. The first-order chi connectivity index (χ1) is 9.78. The number of carbonyl (C=O) groups is 1. The van der Waals surface area contributed by atoms with E-state index in [0.717, 1.165) is 6.42 Å². The van der Waals surface area contributed by atoms with Gasteiger partial charge in [-0.05, 0) is 20.3 Å². The molecule has 7 nitrogen and oxygen atoms in total. The van der Waals surface area contributed by atoms with Crippen molar-refractivity contribution in [3.8, 4) is 0 Å². The van der Waals surface area contributed by atoms with Crippen molar-refractivity contribution >= 4 is 16.0 Å². The van der Waals surface area contributed by atoms with Crippen LogP contribution in [0.1, 0.15) is 20.3 Å². The summed E-state index contributed by atoms with van der Waals surface area (Å²) < 4.78 is 63.1. The number of halogens is 3. The first-order valence-corrected chi connectivity index (χ1v) is 7.52. The molecule has 1 atom stereocenters. The number of amides is 1. The van der Waals surface area contributed by atoms with E-state index in [-0.39, 0.29) is 18.5 Å². The zero-order chi connectivity index (χ0) is 17.8. The summed E-state index contributed by atoms with van der Waals surface area (Å²) in [6, 6.07) is 0.0820. The van der Waals surface area contributed by atoms with Gasteiger partial charge < -0.3 is 15.4 Å². The quantitative estimate of drug-likeness (QED) is 0.445. The zero-order valence-corrected chi connectivity index (χ0v) is 12.9. The van der Waals surface area contributed by atoms with Crippen molar-refractivity contribution in [1.82, 2.24) is 4.90 Å². The molecule has 1 saturated heterocycles. The molecule has 0 radical (unpaired) electrons. The maximum atomic E-state index is 11.6. The van der Waals surface area contributed by atoms with Crippen LogP contribution in [0.5, 0.6) is 0 Å². The van der Waals surface area contributed by atoms with E-state index in [1.54, 1.807) is 11.0 Å². The molecule has 1 amide bonds. The molecule has 0 unspecified atom stereocenters. The lowest BCUT2D eigenvalue weighted by molar-refractivity contribution is -0.144. The molecule has 3 N–H and O–H groups in total. The van der Waals surface area contributed by atoms with Gasteiger partial charge in [-0.25, -0.2) is 0 Å². The molecule has 0 saturated carbocycles. The summed E-state index contributed by atoms with van der Waals surface area (Å²) in [5.41, 5.74) is -0.714. The molecule has 11 heteroatoms. The van der Waals surface area contributed by atoms with E-state index >= 15 is 0 Å². The number of carbonyl (C=O) groups excluding carboxylic acids is 1. The van der Waals surface area contributed by atoms with Crippen LogP contribution in [-0.4, -0.2) is 54.2 Å². The number of nitrogens with two attached hydrogens (primary N) is 1. The van der Waals surface area contributed by atoms with E-state index in [1.165, 1.54) is 0 Å². The smallest absolute Gasteiger partial charge is 0.354 e. The van der Waals surface area contributed by atoms with Crippen molar-refractivity contribution in [1.29, 1.82) is 0 Å². The van der Waals surface area contributed by atoms with E-state index in [0.29, 0.717) is 6.61 Å². The Morgan fingerprint density at radius 3 is 2.32 bits per heavy atom. The summed E-state index contributed by atoms with van der Waals surface area (Å²) in [5.74, 6) is -0.0700. The van der Waals surface area contributed by atoms with E-state index in [2.05, 4.69) is 6.58 Å². The third-order valence-electron chi connectivity index (χ3n) is 2.75. The van der Waals surface area contributed by atoms with Crippen LogP contribution in [0, 0.1) is 0 Å². The van der Waals surface area contributed by atoms with Gasteiger partial charge in [0, 0.05) is 0 Å². The second-order valence-electron chi connectivity index (χ2n) is 4.82. The van der Waals surface area contributed by atoms with Crippen molar-refractivity contribution in [2.24, 2.45) is 5.73 Å². The number of alkyl halides is 3. The predicted octanol–water partition coefficient (Wildman–Crippen LogP) is 0.879. The molecule has 130 valence electrons. The van der Waals surface area contributed by atoms with Crippen LogP contribution in [-0.2, 0) is 19.6 Å². The minimum absolute atomic E-state index is 0.0282. The number of nitrogens with zero attached hydrogens (tertiary/aromatic N) is 1. The normalized spacial score (nSPS) is 21.0. The molecule has 0 aliphatic carbocycles. The second kappa shape index (κ2) is 7.40. The van der Waals surface area contributed by atoms with Crippen LogP contribution in [0.2, 0.25) is 0 Å². The van der Waals surface area contributed by atoms with Crippen LogP contribution in [0.15, 0.2) is 12.7 Å². The molecule has 22 heavy (non-hydrogen) atoms. The summed E-state index contributed by atoms with van der Waals surface area (Å²) >= 11 is 0. The van der Waals surface area contributed by atoms with Gasteiger partial charge in [-0.15, -0.1) is 6.58 Å². The fourth-order valence-corrected chi connectivity index (χ4v) is 1.85. The predicted molar refractivity (Wildman–Crippen MR) is 72.1 cm³/mol. The van der Waals surface area contributed by atoms with Crippen LogP contribution in [0.4, 0.5) is 13.2 Å². The molecule has 0 bridgehead atoms. The van der Waals surface area contributed by atoms with Gasteiger partial charge >= 0.3 is 15.6 Å². The summed E-state index contributed by atoms with van der Waals surface area (Å²) in [6.07, 6.45) is 2.54. The third kappa shape index (κ3) is 5.55. The lowest BCUT2D eigenvalue weighted by atomic mass is 10.1. The summed E-state index contributed by atoms with van der Waals surface area (Å²) in [5, 5.41) is 0. The largest absolute Gasteiger partial charge is 0.522 e. The van der Waals surface area contributed by atoms with Crippen molar-refractivity contribution in [3.63, 3.8) is 0 Å². The Hall–Kier alpha value is -1.17. The third-order valence-corrected chi connectivity index (χ3v) is 3.33. The SMILES string of the molecule is C=CC[C@H]1COC(C)(C)N1C(=O)CN.O=S(=O)(O)C(F)(F)F. The van der Waals surface area contributed by atoms with Gasteiger partial charge in [-0.1, -0.05) is 6.08 Å².